The number of nitrogens with one attached hydrogen (secondary N) is 2. The van der Waals surface area contributed by atoms with E-state index in [1.165, 1.54) is 6.07 Å². The first kappa shape index (κ1) is 24.3. The van der Waals surface area contributed by atoms with Crippen LogP contribution in [0, 0.1) is 20.8 Å². The molecule has 0 aliphatic rings. The monoisotopic (exact) mass is 515 g/mol. The molecule has 0 saturated heterocycles. The molecule has 2 heterocycles. The van der Waals surface area contributed by atoms with Gasteiger partial charge in [-0.15, -0.1) is 11.3 Å². The molecule has 0 bridgehead atoms. The van der Waals surface area contributed by atoms with Crippen molar-refractivity contribution in [3.05, 3.63) is 62.8 Å². The number of hydrogen-bond acceptors (Lipinski definition) is 8. The molecule has 11 heteroatoms. The third-order valence-electron chi connectivity index (χ3n) is 5.47. The van der Waals surface area contributed by atoms with Crippen LogP contribution in [-0.2, 0) is 16.6 Å². The molecular formula is C23H25N5O3S3. The first-order valence-electron chi connectivity index (χ1n) is 10.4. The topological polar surface area (TPSA) is 104 Å². The highest BCUT2D eigenvalue weighted by Gasteiger charge is 2.25. The number of sulfonamides is 1. The second kappa shape index (κ2) is 9.41. The zero-order valence-electron chi connectivity index (χ0n) is 19.5. The highest BCUT2D eigenvalue weighted by Crippen LogP contribution is 2.31. The molecule has 0 atom stereocenters. The van der Waals surface area contributed by atoms with Crippen molar-refractivity contribution in [1.82, 2.24) is 13.6 Å². The largest absolute Gasteiger partial charge is 0.321 e. The van der Waals surface area contributed by atoms with Crippen LogP contribution in [0.3, 0.4) is 0 Å². The summed E-state index contributed by atoms with van der Waals surface area (Å²) >= 11 is 2.15. The Bertz CT molecular complexity index is 1490. The molecule has 2 N–H and O–H groups in total. The lowest BCUT2D eigenvalue weighted by molar-refractivity contribution is 0.102. The fraction of sp³-hybridized carbons (Fsp3) is 0.261. The van der Waals surface area contributed by atoms with Crippen LogP contribution < -0.4 is 10.0 Å². The van der Waals surface area contributed by atoms with Crippen molar-refractivity contribution in [2.45, 2.75) is 32.2 Å². The highest BCUT2D eigenvalue weighted by atomic mass is 32.2. The molecule has 0 saturated carbocycles. The van der Waals surface area contributed by atoms with E-state index < -0.39 is 15.9 Å². The maximum Gasteiger partial charge on any atom is 0.267 e. The molecule has 34 heavy (non-hydrogen) atoms. The van der Waals surface area contributed by atoms with Crippen LogP contribution in [0.4, 0.5) is 11.4 Å². The van der Waals surface area contributed by atoms with Crippen molar-refractivity contribution < 1.29 is 13.2 Å². The minimum absolute atomic E-state index is 0.0672. The van der Waals surface area contributed by atoms with Crippen LogP contribution in [0.5, 0.6) is 0 Å². The van der Waals surface area contributed by atoms with Gasteiger partial charge in [0.05, 0.1) is 17.4 Å². The molecule has 0 radical (unpaired) electrons. The Morgan fingerprint density at radius 3 is 2.50 bits per heavy atom. The number of aryl methyl sites for hydroxylation is 2. The van der Waals surface area contributed by atoms with Crippen molar-refractivity contribution in [2.75, 3.05) is 24.1 Å². The normalized spacial score (nSPS) is 11.8. The van der Waals surface area contributed by atoms with Gasteiger partial charge in [-0.05, 0) is 86.8 Å². The van der Waals surface area contributed by atoms with Crippen LogP contribution in [-0.4, -0.2) is 42.1 Å². The smallest absolute Gasteiger partial charge is 0.267 e. The number of thiophene rings is 1. The lowest BCUT2D eigenvalue weighted by Gasteiger charge is -2.20. The van der Waals surface area contributed by atoms with Gasteiger partial charge in [0.15, 0.2) is 0 Å². The van der Waals surface area contributed by atoms with Gasteiger partial charge in [-0.2, -0.15) is 8.75 Å². The number of benzene rings is 2. The third kappa shape index (κ3) is 4.83. The molecule has 178 valence electrons. The van der Waals surface area contributed by atoms with E-state index >= 15 is 0 Å². The molecular weight excluding hydrogens is 490 g/mol. The van der Waals surface area contributed by atoms with Gasteiger partial charge < -0.3 is 10.2 Å². The minimum Gasteiger partial charge on any atom is -0.321 e. The summed E-state index contributed by atoms with van der Waals surface area (Å²) in [6, 6.07) is 8.42. The van der Waals surface area contributed by atoms with Crippen LogP contribution in [0.15, 0.2) is 40.6 Å². The van der Waals surface area contributed by atoms with Crippen molar-refractivity contribution in [2.24, 2.45) is 0 Å². The van der Waals surface area contributed by atoms with E-state index in [1.54, 1.807) is 23.6 Å². The average Bonchev–Trinajstić information content (AvgIpc) is 3.43. The molecule has 0 unspecified atom stereocenters. The zero-order valence-corrected chi connectivity index (χ0v) is 21.9. The second-order valence-corrected chi connectivity index (χ2v) is 11.5. The Labute approximate surface area is 207 Å². The first-order valence-corrected chi connectivity index (χ1v) is 13.5. The van der Waals surface area contributed by atoms with Gasteiger partial charge in [-0.25, -0.2) is 8.42 Å². The third-order valence-corrected chi connectivity index (χ3v) is 8.50. The van der Waals surface area contributed by atoms with Crippen molar-refractivity contribution >= 4 is 61.4 Å². The van der Waals surface area contributed by atoms with E-state index in [1.807, 2.05) is 34.0 Å². The minimum atomic E-state index is -3.99. The maximum absolute atomic E-state index is 13.2. The van der Waals surface area contributed by atoms with Crippen LogP contribution in [0.1, 0.15) is 31.9 Å². The second-order valence-electron chi connectivity index (χ2n) is 8.37. The maximum atomic E-state index is 13.2. The van der Waals surface area contributed by atoms with E-state index in [0.29, 0.717) is 22.4 Å². The Morgan fingerprint density at radius 2 is 1.76 bits per heavy atom. The van der Waals surface area contributed by atoms with Crippen molar-refractivity contribution in [3.8, 4) is 0 Å². The predicted octanol–water partition coefficient (Wildman–Crippen LogP) is 4.79. The Morgan fingerprint density at radius 1 is 1.03 bits per heavy atom. The Balaban J connectivity index is 1.63. The number of amides is 1. The Hall–Kier alpha value is -2.86. The first-order chi connectivity index (χ1) is 16.1. The summed E-state index contributed by atoms with van der Waals surface area (Å²) in [5.41, 5.74) is 6.55. The van der Waals surface area contributed by atoms with E-state index in [-0.39, 0.29) is 9.77 Å². The molecule has 4 rings (SSSR count). The Kier molecular flexibility index (Phi) is 6.72. The van der Waals surface area contributed by atoms with E-state index in [2.05, 4.69) is 30.6 Å². The van der Waals surface area contributed by atoms with Gasteiger partial charge in [-0.1, -0.05) is 6.07 Å². The average molecular weight is 516 g/mol. The molecule has 2 aromatic carbocycles. The van der Waals surface area contributed by atoms with Gasteiger partial charge in [0.1, 0.15) is 20.8 Å². The van der Waals surface area contributed by atoms with Gasteiger partial charge in [0, 0.05) is 12.2 Å². The highest BCUT2D eigenvalue weighted by molar-refractivity contribution is 7.93. The summed E-state index contributed by atoms with van der Waals surface area (Å²) in [7, 11) is -0.00155. The van der Waals surface area contributed by atoms with Crippen LogP contribution in [0.25, 0.3) is 11.0 Å². The molecule has 2 aromatic heterocycles. The summed E-state index contributed by atoms with van der Waals surface area (Å²) in [4.78, 5) is 15.4. The summed E-state index contributed by atoms with van der Waals surface area (Å²) in [6.07, 6.45) is 0. The molecule has 1 amide bonds. The molecule has 0 aliphatic heterocycles. The van der Waals surface area contributed by atoms with Gasteiger partial charge in [0.2, 0.25) is 0 Å². The number of carbonyl (C=O) groups is 1. The van der Waals surface area contributed by atoms with Gasteiger partial charge in [-0.3, -0.25) is 9.52 Å². The summed E-state index contributed by atoms with van der Waals surface area (Å²) in [6.45, 7) is 6.71. The van der Waals surface area contributed by atoms with E-state index in [9.17, 15) is 13.2 Å². The number of aromatic nitrogens is 2. The fourth-order valence-corrected chi connectivity index (χ4v) is 6.77. The number of hydrogen-bond donors (Lipinski definition) is 2. The van der Waals surface area contributed by atoms with E-state index in [0.717, 1.165) is 51.9 Å². The zero-order chi connectivity index (χ0) is 24.6. The molecule has 0 spiro atoms. The number of nitrogens with zero attached hydrogens (tertiary/aromatic N) is 3. The van der Waals surface area contributed by atoms with Crippen molar-refractivity contribution in [3.63, 3.8) is 0 Å². The van der Waals surface area contributed by atoms with E-state index in [4.69, 9.17) is 0 Å². The number of fused-ring (bicyclic) bond motifs is 1. The predicted molar refractivity (Wildman–Crippen MR) is 139 cm³/mol. The van der Waals surface area contributed by atoms with Gasteiger partial charge >= 0.3 is 0 Å². The number of rotatable bonds is 7. The standard InChI is InChI=1S/C23H25N5O3S3/c1-13-10-14(2)21(15(3)17(13)12-28(4)5)24-23(29)22-20(8-9-32-22)34(30,31)27-16-6-7-18-19(11-16)26-33-25-18/h6-11,27H,12H2,1-5H3,(H,24,29). The lowest BCUT2D eigenvalue weighted by Crippen LogP contribution is -2.20. The van der Waals surface area contributed by atoms with Crippen LogP contribution in [0.2, 0.25) is 0 Å². The molecule has 0 fully saturated rings. The summed E-state index contributed by atoms with van der Waals surface area (Å²) in [5, 5.41) is 4.56. The number of anilines is 2. The van der Waals surface area contributed by atoms with Crippen molar-refractivity contribution in [1.29, 1.82) is 0 Å². The van der Waals surface area contributed by atoms with Crippen LogP contribution >= 0.6 is 23.1 Å². The number of carbonyl (C=O) groups excluding carboxylic acids is 1. The SMILES string of the molecule is Cc1cc(C)c(NC(=O)c2sccc2S(=O)(=O)Nc2ccc3nsnc3c2)c(C)c1CN(C)C. The fourth-order valence-electron chi connectivity index (χ4n) is 3.88. The quantitative estimate of drug-likeness (QED) is 0.367. The van der Waals surface area contributed by atoms with Gasteiger partial charge in [0.25, 0.3) is 15.9 Å². The summed E-state index contributed by atoms with van der Waals surface area (Å²) in [5.74, 6) is -0.458. The summed E-state index contributed by atoms with van der Waals surface area (Å²) < 4.78 is 37.1. The molecule has 0 aliphatic carbocycles. The lowest BCUT2D eigenvalue weighted by atomic mass is 9.96. The molecule has 8 nitrogen and oxygen atoms in total. The molecule has 4 aromatic rings.